The molecule has 0 radical (unpaired) electrons. The largest absolute Gasteiger partial charge is 0.480 e. The van der Waals surface area contributed by atoms with E-state index < -0.39 is 17.9 Å². The second kappa shape index (κ2) is 15.9. The number of aromatic nitrogens is 2. The molecule has 3 heterocycles. The van der Waals surface area contributed by atoms with Crippen molar-refractivity contribution in [2.24, 2.45) is 0 Å². The Morgan fingerprint density at radius 1 is 0.585 bits per heavy atom. The molecule has 3 N–H and O–H groups in total. The molecular formula is C28H38N6O7. The van der Waals surface area contributed by atoms with E-state index in [4.69, 9.17) is 4.98 Å². The third-order valence-electron chi connectivity index (χ3n) is 6.61. The van der Waals surface area contributed by atoms with E-state index in [1.807, 2.05) is 17.0 Å². The Hall–Kier alpha value is -3.78. The van der Waals surface area contributed by atoms with Crippen LogP contribution in [0.3, 0.4) is 0 Å². The Labute approximate surface area is 239 Å². The quantitative estimate of drug-likeness (QED) is 0.384. The van der Waals surface area contributed by atoms with Gasteiger partial charge in [-0.15, -0.1) is 0 Å². The Morgan fingerprint density at radius 3 is 1.15 bits per heavy atom. The highest BCUT2D eigenvalue weighted by molar-refractivity contribution is 5.80. The van der Waals surface area contributed by atoms with Crippen molar-refractivity contribution < 1.29 is 34.5 Å². The number of ketones is 1. The molecule has 0 spiro atoms. The molecule has 4 bridgehead atoms. The molecule has 0 aromatic carbocycles. The fraction of sp³-hybridized carbons (Fsp3) is 0.500. The lowest BCUT2D eigenvalue weighted by Gasteiger charge is -2.28. The van der Waals surface area contributed by atoms with Gasteiger partial charge in [0.15, 0.2) is 0 Å². The number of hydrogen-bond donors (Lipinski definition) is 3. The highest BCUT2D eigenvalue weighted by Gasteiger charge is 2.19. The number of nitrogens with zero attached hydrogens (tertiary/aromatic N) is 6. The zero-order valence-corrected chi connectivity index (χ0v) is 23.3. The zero-order valence-electron chi connectivity index (χ0n) is 23.3. The number of carboxylic acids is 3. The molecule has 0 aliphatic carbocycles. The first-order chi connectivity index (χ1) is 19.6. The van der Waals surface area contributed by atoms with Gasteiger partial charge in [-0.3, -0.25) is 48.7 Å². The fourth-order valence-corrected chi connectivity index (χ4v) is 4.68. The third-order valence-corrected chi connectivity index (χ3v) is 6.61. The van der Waals surface area contributed by atoms with Crippen LogP contribution in [0.15, 0.2) is 36.4 Å². The first kappa shape index (κ1) is 31.7. The van der Waals surface area contributed by atoms with Crippen molar-refractivity contribution in [1.29, 1.82) is 0 Å². The minimum Gasteiger partial charge on any atom is -0.480 e. The predicted molar refractivity (Wildman–Crippen MR) is 148 cm³/mol. The molecule has 222 valence electrons. The van der Waals surface area contributed by atoms with Crippen molar-refractivity contribution in [1.82, 2.24) is 29.6 Å². The molecule has 0 amide bonds. The summed E-state index contributed by atoms with van der Waals surface area (Å²) in [4.78, 5) is 63.7. The number of Topliss-reactive ketones (excluding diaryl/α,β-unsaturated/α-hetero) is 1. The van der Waals surface area contributed by atoms with Gasteiger partial charge in [-0.25, -0.2) is 0 Å². The topological polar surface area (TPSA) is 168 Å². The molecule has 0 saturated carbocycles. The summed E-state index contributed by atoms with van der Waals surface area (Å²) in [5.41, 5.74) is 2.61. The smallest absolute Gasteiger partial charge is 0.317 e. The van der Waals surface area contributed by atoms with Crippen molar-refractivity contribution in [2.75, 3.05) is 52.4 Å². The average Bonchev–Trinajstić information content (AvgIpc) is 2.89. The van der Waals surface area contributed by atoms with Gasteiger partial charge in [-0.05, 0) is 24.3 Å². The number of carboxylic acid groups (broad SMARTS) is 3. The molecule has 2 aromatic heterocycles. The van der Waals surface area contributed by atoms with Gasteiger partial charge in [0.25, 0.3) is 0 Å². The van der Waals surface area contributed by atoms with Gasteiger partial charge in [0.2, 0.25) is 0 Å². The molecule has 0 atom stereocenters. The second-order valence-corrected chi connectivity index (χ2v) is 10.2. The van der Waals surface area contributed by atoms with Gasteiger partial charge >= 0.3 is 17.9 Å². The molecule has 41 heavy (non-hydrogen) atoms. The van der Waals surface area contributed by atoms with E-state index in [1.54, 1.807) is 45.9 Å². The van der Waals surface area contributed by atoms with Gasteiger partial charge in [-0.2, -0.15) is 0 Å². The lowest BCUT2D eigenvalue weighted by Crippen LogP contribution is -2.40. The van der Waals surface area contributed by atoms with E-state index in [0.717, 1.165) is 0 Å². The maximum absolute atomic E-state index is 12.4. The zero-order chi connectivity index (χ0) is 29.8. The monoisotopic (exact) mass is 570 g/mol. The SMILES string of the molecule is CCC(=O)CN1CCN(CC(=O)O)Cc2cccc(n2)CN(CC(=O)O)CCN(CC(=O)O)Cc2cccc(n2)C1. The van der Waals surface area contributed by atoms with Crippen LogP contribution in [0.2, 0.25) is 0 Å². The average molecular weight is 571 g/mol. The van der Waals surface area contributed by atoms with E-state index in [1.165, 1.54) is 0 Å². The van der Waals surface area contributed by atoms with Gasteiger partial charge < -0.3 is 15.3 Å². The highest BCUT2D eigenvalue weighted by Crippen LogP contribution is 2.11. The number of pyridine rings is 2. The van der Waals surface area contributed by atoms with Crippen LogP contribution in [0.1, 0.15) is 36.1 Å². The first-order valence-electron chi connectivity index (χ1n) is 13.6. The Kier molecular flexibility index (Phi) is 12.3. The molecule has 0 saturated heterocycles. The summed E-state index contributed by atoms with van der Waals surface area (Å²) < 4.78 is 0. The summed E-state index contributed by atoms with van der Waals surface area (Å²) in [6.07, 6.45) is 0.378. The normalized spacial score (nSPS) is 16.9. The third kappa shape index (κ3) is 11.7. The highest BCUT2D eigenvalue weighted by atomic mass is 16.4. The van der Waals surface area contributed by atoms with Gasteiger partial charge in [0.05, 0.1) is 49.0 Å². The summed E-state index contributed by atoms with van der Waals surface area (Å²) in [6.45, 7) is 3.74. The number of carbonyl (C=O) groups excluding carboxylic acids is 1. The van der Waals surface area contributed by atoms with E-state index in [9.17, 15) is 34.5 Å². The standard InChI is InChI=1S/C28H38N6O7/c1-2-25(35)17-31-9-10-32(18-26(36)37)14-23-7-4-8-24(30-23)16-34(20-28(40)41)12-11-33(19-27(38)39)15-22-6-3-5-21(13-31)29-22/h3-8H,2,9-20H2,1H3,(H,36,37)(H,38,39)(H,40,41). The van der Waals surface area contributed by atoms with E-state index in [2.05, 4.69) is 4.98 Å². The van der Waals surface area contributed by atoms with Crippen LogP contribution in [0.4, 0.5) is 0 Å². The molecule has 13 heteroatoms. The molecule has 1 aliphatic rings. The van der Waals surface area contributed by atoms with Gasteiger partial charge in [0.1, 0.15) is 5.78 Å². The van der Waals surface area contributed by atoms with Crippen LogP contribution in [-0.2, 0) is 45.4 Å². The minimum atomic E-state index is -1.01. The Bertz CT molecular complexity index is 1210. The summed E-state index contributed by atoms with van der Waals surface area (Å²) in [7, 11) is 0. The van der Waals surface area contributed by atoms with Gasteiger partial charge in [-0.1, -0.05) is 19.1 Å². The molecule has 0 unspecified atom stereocenters. The van der Waals surface area contributed by atoms with Crippen molar-refractivity contribution >= 4 is 23.7 Å². The molecule has 0 fully saturated rings. The number of aliphatic carboxylic acids is 3. The minimum absolute atomic E-state index is 0.0565. The van der Waals surface area contributed by atoms with Crippen LogP contribution < -0.4 is 0 Å². The number of carbonyl (C=O) groups is 4. The van der Waals surface area contributed by atoms with E-state index >= 15 is 0 Å². The molecule has 2 aromatic rings. The Balaban J connectivity index is 1.96. The number of hydrogen-bond acceptors (Lipinski definition) is 10. The maximum atomic E-state index is 12.4. The van der Waals surface area contributed by atoms with Crippen LogP contribution in [0.25, 0.3) is 0 Å². The summed E-state index contributed by atoms with van der Waals surface area (Å²) >= 11 is 0. The van der Waals surface area contributed by atoms with Crippen LogP contribution >= 0.6 is 0 Å². The summed E-state index contributed by atoms with van der Waals surface area (Å²) in [5.74, 6) is -2.94. The van der Waals surface area contributed by atoms with Crippen molar-refractivity contribution in [3.63, 3.8) is 0 Å². The lowest BCUT2D eigenvalue weighted by molar-refractivity contribution is -0.140. The Morgan fingerprint density at radius 2 is 0.878 bits per heavy atom. The molecule has 3 rings (SSSR count). The van der Waals surface area contributed by atoms with Crippen molar-refractivity contribution in [3.8, 4) is 0 Å². The molecular weight excluding hydrogens is 532 g/mol. The number of fused-ring (bicyclic) bond motifs is 4. The van der Waals surface area contributed by atoms with E-state index in [-0.39, 0.29) is 64.7 Å². The van der Waals surface area contributed by atoms with Crippen LogP contribution in [-0.4, -0.2) is 121 Å². The molecule has 13 nitrogen and oxygen atoms in total. The lowest BCUT2D eigenvalue weighted by atomic mass is 10.2. The van der Waals surface area contributed by atoms with Crippen molar-refractivity contribution in [3.05, 3.63) is 59.2 Å². The second-order valence-electron chi connectivity index (χ2n) is 10.2. The van der Waals surface area contributed by atoms with Gasteiger partial charge in [0, 0.05) is 58.8 Å². The van der Waals surface area contributed by atoms with Crippen LogP contribution in [0, 0.1) is 0 Å². The first-order valence-corrected chi connectivity index (χ1v) is 13.6. The van der Waals surface area contributed by atoms with Crippen molar-refractivity contribution in [2.45, 2.75) is 39.5 Å². The molecule has 1 aliphatic heterocycles. The van der Waals surface area contributed by atoms with E-state index in [0.29, 0.717) is 48.8 Å². The maximum Gasteiger partial charge on any atom is 0.317 e. The van der Waals surface area contributed by atoms with Crippen LogP contribution in [0.5, 0.6) is 0 Å². The summed E-state index contributed by atoms with van der Waals surface area (Å²) in [6, 6.07) is 10.8. The summed E-state index contributed by atoms with van der Waals surface area (Å²) in [5, 5.41) is 28.5. The fourth-order valence-electron chi connectivity index (χ4n) is 4.68. The predicted octanol–water partition coefficient (Wildman–Crippen LogP) is 0.631. The number of rotatable bonds is 9.